The molecule has 0 unspecified atom stereocenters. The Morgan fingerprint density at radius 1 is 1.45 bits per heavy atom. The van der Waals surface area contributed by atoms with E-state index in [2.05, 4.69) is 5.16 Å². The second-order valence-electron chi connectivity index (χ2n) is 2.52. The Labute approximate surface area is 63.8 Å². The van der Waals surface area contributed by atoms with Crippen molar-refractivity contribution in [1.82, 2.24) is 5.16 Å². The molecule has 2 N–H and O–H groups in total. The summed E-state index contributed by atoms with van der Waals surface area (Å²) in [5.74, 6) is 0.401. The van der Waals surface area contributed by atoms with Gasteiger partial charge in [-0.25, -0.2) is 0 Å². The first-order chi connectivity index (χ1) is 5.29. The van der Waals surface area contributed by atoms with Crippen molar-refractivity contribution in [3.8, 4) is 0 Å². The summed E-state index contributed by atoms with van der Waals surface area (Å²) >= 11 is 0. The van der Waals surface area contributed by atoms with Crippen LogP contribution in [0.1, 0.15) is 5.56 Å². The molecule has 0 saturated carbocycles. The predicted molar refractivity (Wildman–Crippen MR) is 43.2 cm³/mol. The van der Waals surface area contributed by atoms with Crippen LogP contribution in [0.5, 0.6) is 0 Å². The third kappa shape index (κ3) is 0.774. The first-order valence-corrected chi connectivity index (χ1v) is 3.39. The Kier molecular flexibility index (Phi) is 1.12. The summed E-state index contributed by atoms with van der Waals surface area (Å²) in [6.07, 6.45) is 0. The fourth-order valence-corrected chi connectivity index (χ4v) is 1.19. The van der Waals surface area contributed by atoms with Crippen LogP contribution in [0.3, 0.4) is 0 Å². The minimum Gasteiger partial charge on any atom is -0.367 e. The molecule has 0 atom stereocenters. The van der Waals surface area contributed by atoms with Gasteiger partial charge in [0.15, 0.2) is 0 Å². The molecule has 0 fully saturated rings. The number of aromatic nitrogens is 1. The van der Waals surface area contributed by atoms with E-state index < -0.39 is 0 Å². The summed E-state index contributed by atoms with van der Waals surface area (Å²) in [7, 11) is 0. The van der Waals surface area contributed by atoms with Crippen molar-refractivity contribution >= 4 is 16.8 Å². The van der Waals surface area contributed by atoms with Crippen LogP contribution in [-0.2, 0) is 0 Å². The predicted octanol–water partition coefficient (Wildman–Crippen LogP) is 1.72. The second-order valence-corrected chi connectivity index (χ2v) is 2.52. The second kappa shape index (κ2) is 1.99. The van der Waals surface area contributed by atoms with E-state index in [-0.39, 0.29) is 0 Å². The number of anilines is 1. The molecule has 0 amide bonds. The van der Waals surface area contributed by atoms with Crippen molar-refractivity contribution in [1.29, 1.82) is 0 Å². The Morgan fingerprint density at radius 2 is 2.27 bits per heavy atom. The molecule has 0 spiro atoms. The maximum atomic E-state index is 5.55. The maximum absolute atomic E-state index is 5.55. The lowest BCUT2D eigenvalue weighted by molar-refractivity contribution is 0.445. The van der Waals surface area contributed by atoms with E-state index in [0.29, 0.717) is 5.88 Å². The summed E-state index contributed by atoms with van der Waals surface area (Å²) in [5.41, 5.74) is 7.47. The number of rotatable bonds is 0. The summed E-state index contributed by atoms with van der Waals surface area (Å²) in [4.78, 5) is 0. The van der Waals surface area contributed by atoms with Gasteiger partial charge in [0.2, 0.25) is 5.88 Å². The molecule has 3 nitrogen and oxygen atoms in total. The van der Waals surface area contributed by atoms with E-state index in [9.17, 15) is 0 Å². The Balaban J connectivity index is 2.96. The van der Waals surface area contributed by atoms with E-state index in [0.717, 1.165) is 16.5 Å². The third-order valence-corrected chi connectivity index (χ3v) is 1.74. The number of hydrogen-bond acceptors (Lipinski definition) is 3. The standard InChI is InChI=1S/C8H8N2O/c1-5-3-2-4-6-7(5)8(9)11-10-6/h2-4H,9H2,1H3. The number of fused-ring (bicyclic) bond motifs is 1. The van der Waals surface area contributed by atoms with Crippen LogP contribution >= 0.6 is 0 Å². The number of nitrogens with zero attached hydrogens (tertiary/aromatic N) is 1. The van der Waals surface area contributed by atoms with E-state index in [4.69, 9.17) is 10.3 Å². The zero-order chi connectivity index (χ0) is 7.84. The van der Waals surface area contributed by atoms with Gasteiger partial charge in [-0.3, -0.25) is 0 Å². The highest BCUT2D eigenvalue weighted by Crippen LogP contribution is 2.22. The zero-order valence-corrected chi connectivity index (χ0v) is 6.16. The van der Waals surface area contributed by atoms with Crippen molar-refractivity contribution in [2.24, 2.45) is 0 Å². The van der Waals surface area contributed by atoms with Gasteiger partial charge in [0, 0.05) is 0 Å². The quantitative estimate of drug-likeness (QED) is 0.618. The average molecular weight is 148 g/mol. The van der Waals surface area contributed by atoms with Gasteiger partial charge in [-0.2, -0.15) is 0 Å². The maximum Gasteiger partial charge on any atom is 0.230 e. The lowest BCUT2D eigenvalue weighted by atomic mass is 10.1. The van der Waals surface area contributed by atoms with Crippen molar-refractivity contribution in [3.63, 3.8) is 0 Å². The molecule has 56 valence electrons. The first-order valence-electron chi connectivity index (χ1n) is 3.39. The minimum atomic E-state index is 0.401. The van der Waals surface area contributed by atoms with Gasteiger partial charge in [0.05, 0.1) is 5.39 Å². The van der Waals surface area contributed by atoms with Gasteiger partial charge >= 0.3 is 0 Å². The number of benzene rings is 1. The molecule has 2 rings (SSSR count). The minimum absolute atomic E-state index is 0.401. The Bertz CT molecular complexity index is 392. The topological polar surface area (TPSA) is 52.0 Å². The van der Waals surface area contributed by atoms with Crippen LogP contribution in [-0.4, -0.2) is 5.16 Å². The smallest absolute Gasteiger partial charge is 0.230 e. The van der Waals surface area contributed by atoms with Crippen LogP contribution in [0.4, 0.5) is 5.88 Å². The molecule has 1 heterocycles. The monoisotopic (exact) mass is 148 g/mol. The summed E-state index contributed by atoms with van der Waals surface area (Å²) < 4.78 is 4.82. The number of nitrogen functional groups attached to an aromatic ring is 1. The van der Waals surface area contributed by atoms with Gasteiger partial charge in [-0.05, 0) is 18.6 Å². The molecule has 1 aromatic heterocycles. The SMILES string of the molecule is Cc1cccc2noc(N)c12. The van der Waals surface area contributed by atoms with Crippen molar-refractivity contribution in [2.45, 2.75) is 6.92 Å². The molecule has 1 aromatic carbocycles. The summed E-state index contributed by atoms with van der Waals surface area (Å²) in [5, 5.41) is 4.70. The highest BCUT2D eigenvalue weighted by molar-refractivity contribution is 5.90. The molecule has 0 saturated heterocycles. The zero-order valence-electron chi connectivity index (χ0n) is 6.16. The fraction of sp³-hybridized carbons (Fsp3) is 0.125. The van der Waals surface area contributed by atoms with Crippen LogP contribution in [0.15, 0.2) is 22.7 Å². The highest BCUT2D eigenvalue weighted by atomic mass is 16.5. The van der Waals surface area contributed by atoms with E-state index in [1.165, 1.54) is 0 Å². The molecule has 3 heteroatoms. The number of hydrogen-bond donors (Lipinski definition) is 1. The van der Waals surface area contributed by atoms with Gasteiger partial charge < -0.3 is 10.3 Å². The van der Waals surface area contributed by atoms with E-state index >= 15 is 0 Å². The molecule has 0 radical (unpaired) electrons. The first kappa shape index (κ1) is 6.22. The highest BCUT2D eigenvalue weighted by Gasteiger charge is 2.05. The summed E-state index contributed by atoms with van der Waals surface area (Å²) in [6.45, 7) is 1.98. The fourth-order valence-electron chi connectivity index (χ4n) is 1.19. The van der Waals surface area contributed by atoms with Crippen molar-refractivity contribution in [3.05, 3.63) is 23.8 Å². The van der Waals surface area contributed by atoms with Gasteiger partial charge in [-0.1, -0.05) is 17.3 Å². The van der Waals surface area contributed by atoms with Crippen molar-refractivity contribution < 1.29 is 4.52 Å². The molecule has 2 aromatic rings. The van der Waals surface area contributed by atoms with Gasteiger partial charge in [0.25, 0.3) is 0 Å². The van der Waals surface area contributed by atoms with E-state index in [1.807, 2.05) is 25.1 Å². The van der Waals surface area contributed by atoms with Crippen LogP contribution < -0.4 is 5.73 Å². The van der Waals surface area contributed by atoms with Crippen LogP contribution in [0.25, 0.3) is 10.9 Å². The largest absolute Gasteiger partial charge is 0.367 e. The molecule has 11 heavy (non-hydrogen) atoms. The number of aryl methyl sites for hydroxylation is 1. The van der Waals surface area contributed by atoms with Gasteiger partial charge in [0.1, 0.15) is 5.52 Å². The average Bonchev–Trinajstić information content (AvgIpc) is 2.34. The van der Waals surface area contributed by atoms with Crippen LogP contribution in [0.2, 0.25) is 0 Å². The molecule has 0 aliphatic heterocycles. The lowest BCUT2D eigenvalue weighted by Gasteiger charge is -1.91. The lowest BCUT2D eigenvalue weighted by Crippen LogP contribution is -1.82. The van der Waals surface area contributed by atoms with E-state index in [1.54, 1.807) is 0 Å². The molecule has 0 aliphatic carbocycles. The van der Waals surface area contributed by atoms with Gasteiger partial charge in [-0.15, -0.1) is 0 Å². The molecule has 0 aliphatic rings. The molecular weight excluding hydrogens is 140 g/mol. The normalized spacial score (nSPS) is 10.6. The Morgan fingerprint density at radius 3 is 3.00 bits per heavy atom. The number of nitrogens with two attached hydrogens (primary N) is 1. The van der Waals surface area contributed by atoms with Crippen molar-refractivity contribution in [2.75, 3.05) is 5.73 Å². The van der Waals surface area contributed by atoms with Crippen LogP contribution in [0, 0.1) is 6.92 Å². The molecule has 0 bridgehead atoms. The molecular formula is C8H8N2O. The summed E-state index contributed by atoms with van der Waals surface area (Å²) in [6, 6.07) is 5.79. The Hall–Kier alpha value is -1.51. The third-order valence-electron chi connectivity index (χ3n) is 1.74.